The van der Waals surface area contributed by atoms with E-state index in [0.29, 0.717) is 22.8 Å². The first-order chi connectivity index (χ1) is 14.5. The highest BCUT2D eigenvalue weighted by molar-refractivity contribution is 9.10. The fourth-order valence-electron chi connectivity index (χ4n) is 2.92. The Morgan fingerprint density at radius 3 is 2.43 bits per heavy atom. The van der Waals surface area contributed by atoms with Gasteiger partial charge in [0.25, 0.3) is 5.91 Å². The van der Waals surface area contributed by atoms with Crippen molar-refractivity contribution in [2.45, 2.75) is 0 Å². The predicted molar refractivity (Wildman–Crippen MR) is 115 cm³/mol. The molecule has 3 aromatic carbocycles. The number of phenols is 2. The number of hydrazine groups is 2. The molecule has 1 aliphatic heterocycles. The lowest BCUT2D eigenvalue weighted by Gasteiger charge is -2.26. The van der Waals surface area contributed by atoms with Crippen molar-refractivity contribution in [1.29, 1.82) is 0 Å². The van der Waals surface area contributed by atoms with E-state index in [1.165, 1.54) is 35.5 Å². The van der Waals surface area contributed by atoms with Crippen molar-refractivity contribution in [3.8, 4) is 17.2 Å². The molecule has 9 heteroatoms. The van der Waals surface area contributed by atoms with Gasteiger partial charge in [-0.3, -0.25) is 10.2 Å². The number of methoxy groups -OCH3 is 1. The summed E-state index contributed by atoms with van der Waals surface area (Å²) in [6.45, 7) is 0. The standard InChI is InChI=1S/C21H17BrN4O4/c1-30-19-11-6-13(12-18(19)28)20-23-25(15-9-7-14(22)8-10-15)26(24-20)21(29)16-4-2-3-5-17(16)27/h2-12,27-28H,1H3,(H,23,24). The van der Waals surface area contributed by atoms with Crippen molar-refractivity contribution in [2.24, 2.45) is 5.10 Å². The van der Waals surface area contributed by atoms with Gasteiger partial charge < -0.3 is 14.9 Å². The number of amidine groups is 1. The van der Waals surface area contributed by atoms with Gasteiger partial charge in [0, 0.05) is 10.0 Å². The summed E-state index contributed by atoms with van der Waals surface area (Å²) in [7, 11) is 1.46. The summed E-state index contributed by atoms with van der Waals surface area (Å²) < 4.78 is 5.95. The van der Waals surface area contributed by atoms with Gasteiger partial charge in [-0.25, -0.2) is 0 Å². The maximum absolute atomic E-state index is 13.2. The number of benzene rings is 3. The van der Waals surface area contributed by atoms with E-state index in [-0.39, 0.29) is 17.1 Å². The molecule has 0 bridgehead atoms. The Hall–Kier alpha value is -3.72. The molecule has 0 aromatic heterocycles. The molecular formula is C21H17BrN4O4. The lowest BCUT2D eigenvalue weighted by atomic mass is 10.2. The van der Waals surface area contributed by atoms with Crippen LogP contribution in [-0.4, -0.2) is 34.2 Å². The average Bonchev–Trinajstić information content (AvgIpc) is 3.19. The first-order valence-corrected chi connectivity index (χ1v) is 9.68. The van der Waals surface area contributed by atoms with Crippen LogP contribution in [-0.2, 0) is 0 Å². The molecule has 3 aromatic rings. The zero-order valence-corrected chi connectivity index (χ0v) is 17.4. The molecule has 0 aliphatic carbocycles. The lowest BCUT2D eigenvalue weighted by Crippen LogP contribution is -2.48. The first-order valence-electron chi connectivity index (χ1n) is 8.88. The first kappa shape index (κ1) is 19.6. The van der Waals surface area contributed by atoms with E-state index in [0.717, 1.165) is 4.47 Å². The van der Waals surface area contributed by atoms with E-state index >= 15 is 0 Å². The van der Waals surface area contributed by atoms with E-state index in [1.54, 1.807) is 36.4 Å². The Balaban J connectivity index is 1.74. The highest BCUT2D eigenvalue weighted by atomic mass is 79.9. The summed E-state index contributed by atoms with van der Waals surface area (Å²) in [5, 5.41) is 27.3. The molecule has 8 nitrogen and oxygen atoms in total. The van der Waals surface area contributed by atoms with Crippen LogP contribution in [0, 0.1) is 0 Å². The number of hydrazone groups is 1. The van der Waals surface area contributed by atoms with Gasteiger partial charge >= 0.3 is 0 Å². The fourth-order valence-corrected chi connectivity index (χ4v) is 3.19. The molecule has 0 fully saturated rings. The maximum Gasteiger partial charge on any atom is 0.297 e. The second-order valence-electron chi connectivity index (χ2n) is 6.35. The van der Waals surface area contributed by atoms with Crippen molar-refractivity contribution >= 4 is 33.4 Å². The Labute approximate surface area is 180 Å². The fraction of sp³-hybridized carbons (Fsp3) is 0.0476. The van der Waals surface area contributed by atoms with Crippen molar-refractivity contribution in [3.05, 3.63) is 82.3 Å². The lowest BCUT2D eigenvalue weighted by molar-refractivity contribution is 0.0707. The molecule has 1 amide bonds. The number of nitrogens with one attached hydrogen (secondary N) is 1. The van der Waals surface area contributed by atoms with Gasteiger partial charge in [0.05, 0.1) is 18.4 Å². The maximum atomic E-state index is 13.2. The number of nitrogens with zero attached hydrogens (tertiary/aromatic N) is 3. The van der Waals surface area contributed by atoms with Gasteiger partial charge in [0.15, 0.2) is 17.3 Å². The normalized spacial score (nSPS) is 13.1. The smallest absolute Gasteiger partial charge is 0.297 e. The van der Waals surface area contributed by atoms with E-state index < -0.39 is 5.91 Å². The number of carbonyl (C=O) groups excluding carboxylic acids is 1. The van der Waals surface area contributed by atoms with E-state index in [2.05, 4.69) is 26.5 Å². The zero-order chi connectivity index (χ0) is 21.3. The van der Waals surface area contributed by atoms with Crippen LogP contribution in [0.5, 0.6) is 17.2 Å². The largest absolute Gasteiger partial charge is 0.507 e. The molecule has 0 saturated carbocycles. The summed E-state index contributed by atoms with van der Waals surface area (Å²) in [6.07, 6.45) is 0. The van der Waals surface area contributed by atoms with Crippen molar-refractivity contribution < 1.29 is 19.7 Å². The molecule has 3 N–H and O–H groups in total. The van der Waals surface area contributed by atoms with Crippen LogP contribution in [0.2, 0.25) is 0 Å². The number of rotatable bonds is 4. The molecular weight excluding hydrogens is 452 g/mol. The van der Waals surface area contributed by atoms with Crippen LogP contribution in [0.1, 0.15) is 15.9 Å². The third-order valence-corrected chi connectivity index (χ3v) is 4.96. The van der Waals surface area contributed by atoms with Crippen molar-refractivity contribution in [2.75, 3.05) is 12.2 Å². The second-order valence-corrected chi connectivity index (χ2v) is 7.26. The number of amides is 1. The SMILES string of the molecule is COc1ccc(C2=NN(c3ccc(Br)cc3)N(C(=O)c3ccccc3O)N2)cc1O. The summed E-state index contributed by atoms with van der Waals surface area (Å²) in [4.78, 5) is 13.2. The monoisotopic (exact) mass is 468 g/mol. The molecule has 0 spiro atoms. The van der Waals surface area contributed by atoms with Crippen LogP contribution >= 0.6 is 15.9 Å². The molecule has 0 radical (unpaired) electrons. The number of carbonyl (C=O) groups is 1. The summed E-state index contributed by atoms with van der Waals surface area (Å²) in [5.74, 6) is -0.0489. The van der Waals surface area contributed by atoms with E-state index in [1.807, 2.05) is 12.1 Å². The number of hydrogen-bond donors (Lipinski definition) is 3. The van der Waals surface area contributed by atoms with Gasteiger partial charge in [-0.15, -0.1) is 15.3 Å². The number of anilines is 1. The van der Waals surface area contributed by atoms with Gasteiger partial charge in [-0.05, 0) is 54.6 Å². The van der Waals surface area contributed by atoms with E-state index in [9.17, 15) is 15.0 Å². The number of phenolic OH excluding ortho intramolecular Hbond substituents is 2. The number of ether oxygens (including phenoxy) is 1. The van der Waals surface area contributed by atoms with Crippen LogP contribution in [0.4, 0.5) is 5.69 Å². The molecule has 152 valence electrons. The molecule has 0 unspecified atom stereocenters. The molecule has 0 saturated heterocycles. The van der Waals surface area contributed by atoms with Crippen LogP contribution < -0.4 is 15.3 Å². The molecule has 30 heavy (non-hydrogen) atoms. The second kappa shape index (κ2) is 7.96. The topological polar surface area (TPSA) is 97.6 Å². The van der Waals surface area contributed by atoms with Crippen LogP contribution in [0.3, 0.4) is 0 Å². The Bertz CT molecular complexity index is 1130. The molecule has 1 aliphatic rings. The Morgan fingerprint density at radius 2 is 1.77 bits per heavy atom. The zero-order valence-electron chi connectivity index (χ0n) is 15.8. The third kappa shape index (κ3) is 3.62. The van der Waals surface area contributed by atoms with Crippen LogP contribution in [0.25, 0.3) is 0 Å². The minimum atomic E-state index is -0.507. The third-order valence-electron chi connectivity index (χ3n) is 4.43. The number of para-hydroxylation sites is 1. The van der Waals surface area contributed by atoms with Gasteiger partial charge in [-0.2, -0.15) is 0 Å². The number of hydrogen-bond acceptors (Lipinski definition) is 7. The number of aromatic hydroxyl groups is 2. The molecule has 1 heterocycles. The molecule has 0 atom stereocenters. The van der Waals surface area contributed by atoms with Crippen molar-refractivity contribution in [3.63, 3.8) is 0 Å². The Kier molecular flexibility index (Phi) is 5.20. The van der Waals surface area contributed by atoms with Gasteiger partial charge in [-0.1, -0.05) is 28.1 Å². The highest BCUT2D eigenvalue weighted by Crippen LogP contribution is 2.29. The predicted octanol–water partition coefficient (Wildman–Crippen LogP) is 3.61. The molecule has 4 rings (SSSR count). The minimum Gasteiger partial charge on any atom is -0.507 e. The summed E-state index contributed by atoms with van der Waals surface area (Å²) >= 11 is 3.39. The van der Waals surface area contributed by atoms with Crippen molar-refractivity contribution in [1.82, 2.24) is 10.5 Å². The highest BCUT2D eigenvalue weighted by Gasteiger charge is 2.32. The summed E-state index contributed by atoms with van der Waals surface area (Å²) in [5.41, 5.74) is 4.22. The van der Waals surface area contributed by atoms with Gasteiger partial charge in [0.2, 0.25) is 0 Å². The Morgan fingerprint density at radius 1 is 1.03 bits per heavy atom. The van der Waals surface area contributed by atoms with Crippen LogP contribution in [0.15, 0.2) is 76.3 Å². The summed E-state index contributed by atoms with van der Waals surface area (Å²) in [6, 6.07) is 18.3. The quantitative estimate of drug-likeness (QED) is 0.540. The van der Waals surface area contributed by atoms with Gasteiger partial charge in [0.1, 0.15) is 5.75 Å². The minimum absolute atomic E-state index is 0.0554. The average molecular weight is 469 g/mol. The number of halogens is 1. The van der Waals surface area contributed by atoms with E-state index in [4.69, 9.17) is 4.74 Å².